The molecule has 2 amide bonds. The predicted octanol–water partition coefficient (Wildman–Crippen LogP) is 1.79. The Morgan fingerprint density at radius 1 is 0.881 bits per heavy atom. The number of ketones is 1. The summed E-state index contributed by atoms with van der Waals surface area (Å²) in [7, 11) is 0. The van der Waals surface area contributed by atoms with Gasteiger partial charge in [0.25, 0.3) is 5.91 Å². The van der Waals surface area contributed by atoms with Gasteiger partial charge in [-0.15, -0.1) is 0 Å². The number of esters is 4. The molecule has 0 aromatic heterocycles. The van der Waals surface area contributed by atoms with Crippen molar-refractivity contribution >= 4 is 41.5 Å². The molecule has 1 saturated heterocycles. The van der Waals surface area contributed by atoms with Gasteiger partial charge in [-0.05, 0) is 54.8 Å². The van der Waals surface area contributed by atoms with E-state index in [1.165, 1.54) is 52.0 Å². The number of carbonyl (C=O) groups excluding carboxylic acids is 7. The summed E-state index contributed by atoms with van der Waals surface area (Å²) >= 11 is 0. The highest BCUT2D eigenvalue weighted by atomic mass is 16.6. The van der Waals surface area contributed by atoms with Crippen LogP contribution in [0.4, 0.5) is 0 Å². The fourth-order valence-corrected chi connectivity index (χ4v) is 10.5. The molecule has 1 heterocycles. The summed E-state index contributed by atoms with van der Waals surface area (Å²) in [5.41, 5.74) is -2.14. The van der Waals surface area contributed by atoms with Crippen LogP contribution in [-0.2, 0) is 47.7 Å². The minimum atomic E-state index is -2.45. The second kappa shape index (κ2) is 18.8. The molecule has 7 N–H and O–H groups in total. The van der Waals surface area contributed by atoms with Crippen LogP contribution >= 0.6 is 0 Å². The molecule has 18 heteroatoms. The lowest BCUT2D eigenvalue weighted by atomic mass is 9.44. The van der Waals surface area contributed by atoms with Crippen molar-refractivity contribution in [3.05, 3.63) is 119 Å². The molecule has 4 aliphatic rings. The van der Waals surface area contributed by atoms with E-state index in [1.807, 2.05) is 0 Å². The van der Waals surface area contributed by atoms with Gasteiger partial charge in [0, 0.05) is 30.7 Å². The molecule has 7 rings (SSSR count). The van der Waals surface area contributed by atoms with E-state index in [4.69, 9.17) is 29.4 Å². The quantitative estimate of drug-likeness (QED) is 0.0810. The van der Waals surface area contributed by atoms with Crippen LogP contribution in [0.3, 0.4) is 0 Å². The summed E-state index contributed by atoms with van der Waals surface area (Å²) < 4.78 is 30.3. The molecule has 0 spiro atoms. The standard InChI is InChI=1S/C49H55N3O15/c1-26-31(64-45(61)39(65-35(56)24-51-34(55)23-50)37(28-15-9-6-10-16-28)52-43(59)29-17-11-7-12-18-29)22-49(62)42(66-44(60)30-19-13-8-14-20-30)40-47(5,41(58)38(57)36(26)46(49,3)4)32(54)21-33-48(40,25-63-33)67-27(2)53/h6-20,31-33,37-40,42,54,57,62H,21-25,50H2,1-5H3,(H,51,55)(H,52,59)/t31-,32-,33+,37-,38+,39+,40?,42?,47+,48-,49+/m0/s1. The maximum atomic E-state index is 15.2. The van der Waals surface area contributed by atoms with Gasteiger partial charge in [-0.25, -0.2) is 9.59 Å². The van der Waals surface area contributed by atoms with E-state index >= 15 is 4.79 Å². The lowest BCUT2D eigenvalue weighted by molar-refractivity contribution is -0.346. The predicted molar refractivity (Wildman–Crippen MR) is 234 cm³/mol. The third-order valence-electron chi connectivity index (χ3n) is 14.1. The lowest BCUT2D eigenvalue weighted by Crippen LogP contribution is -2.81. The third-order valence-corrected chi connectivity index (χ3v) is 14.1. The first-order valence-corrected chi connectivity index (χ1v) is 21.9. The fraction of sp³-hybridized carbons (Fsp3) is 0.449. The SMILES string of the molecule is CC(=O)O[C@@]12CO[C@@H]1C[C@H](O)[C@@]1(C)C(=O)[C@H](O)C3=C(C)[C@@H](OC(=O)[C@H](OC(=O)CNC(=O)CN)[C@@H](NC(=O)c4ccccc4)c4ccccc4)C[C@@](O)(C(OC(=O)c4ccccc4)C12)C3(C)C. The smallest absolute Gasteiger partial charge is 0.350 e. The van der Waals surface area contributed by atoms with Crippen LogP contribution in [0.15, 0.2) is 102 Å². The molecule has 356 valence electrons. The van der Waals surface area contributed by atoms with Gasteiger partial charge in [-0.1, -0.05) is 80.6 Å². The van der Waals surface area contributed by atoms with E-state index in [9.17, 15) is 44.1 Å². The number of hydrogen-bond acceptors (Lipinski definition) is 16. The van der Waals surface area contributed by atoms with Gasteiger partial charge >= 0.3 is 23.9 Å². The Bertz CT molecular complexity index is 2450. The fourth-order valence-electron chi connectivity index (χ4n) is 10.5. The van der Waals surface area contributed by atoms with Crippen molar-refractivity contribution in [2.45, 2.75) is 101 Å². The summed E-state index contributed by atoms with van der Waals surface area (Å²) in [4.78, 5) is 96.7. The van der Waals surface area contributed by atoms with Crippen molar-refractivity contribution in [3.8, 4) is 0 Å². The van der Waals surface area contributed by atoms with E-state index < -0.39 is 132 Å². The number of nitrogens with two attached hydrogens (primary N) is 1. The number of carbonyl (C=O) groups is 7. The highest BCUT2D eigenvalue weighted by molar-refractivity contribution is 5.96. The first-order chi connectivity index (χ1) is 31.7. The summed E-state index contributed by atoms with van der Waals surface area (Å²) in [5.74, 6) is -8.09. The molecule has 11 atom stereocenters. The largest absolute Gasteiger partial charge is 0.455 e. The Hall–Kier alpha value is -6.31. The maximum absolute atomic E-state index is 15.2. The Kier molecular flexibility index (Phi) is 13.6. The highest BCUT2D eigenvalue weighted by Crippen LogP contribution is 2.64. The topological polar surface area (TPSA) is 276 Å². The number of hydrogen-bond donors (Lipinski definition) is 6. The molecule has 0 radical (unpaired) electrons. The Morgan fingerprint density at radius 3 is 2.04 bits per heavy atom. The Morgan fingerprint density at radius 2 is 1.48 bits per heavy atom. The van der Waals surface area contributed by atoms with E-state index in [0.717, 1.165) is 6.92 Å². The summed E-state index contributed by atoms with van der Waals surface area (Å²) in [6.07, 6.45) is -11.0. The Balaban J connectivity index is 1.37. The van der Waals surface area contributed by atoms with E-state index in [1.54, 1.807) is 66.7 Å². The normalized spacial score (nSPS) is 30.3. The van der Waals surface area contributed by atoms with Gasteiger partial charge in [0.05, 0.1) is 36.2 Å². The molecule has 3 aliphatic carbocycles. The summed E-state index contributed by atoms with van der Waals surface area (Å²) in [5, 5.41) is 43.1. The minimum Gasteiger partial charge on any atom is -0.455 e. The molecular formula is C49H55N3O15. The highest BCUT2D eigenvalue weighted by Gasteiger charge is 2.78. The van der Waals surface area contributed by atoms with Crippen molar-refractivity contribution in [3.63, 3.8) is 0 Å². The van der Waals surface area contributed by atoms with Gasteiger partial charge in [0.15, 0.2) is 11.4 Å². The van der Waals surface area contributed by atoms with Gasteiger partial charge in [-0.3, -0.25) is 24.0 Å². The molecule has 3 fully saturated rings. The number of Topliss-reactive ketones (excluding diaryl/α,β-unsaturated/α-hetero) is 1. The average molecular weight is 926 g/mol. The lowest BCUT2D eigenvalue weighted by Gasteiger charge is -2.67. The molecular weight excluding hydrogens is 871 g/mol. The first kappa shape index (κ1) is 48.6. The van der Waals surface area contributed by atoms with Crippen LogP contribution in [0.1, 0.15) is 79.8 Å². The van der Waals surface area contributed by atoms with Crippen molar-refractivity contribution in [2.24, 2.45) is 22.5 Å². The van der Waals surface area contributed by atoms with Crippen LogP contribution in [-0.4, -0.2) is 124 Å². The zero-order valence-corrected chi connectivity index (χ0v) is 37.6. The number of fused-ring (bicyclic) bond motifs is 5. The average Bonchev–Trinajstić information content (AvgIpc) is 3.31. The van der Waals surface area contributed by atoms with Gasteiger partial charge in [0.2, 0.25) is 12.0 Å². The van der Waals surface area contributed by atoms with Crippen molar-refractivity contribution in [2.75, 3.05) is 19.7 Å². The zero-order valence-electron chi connectivity index (χ0n) is 37.6. The van der Waals surface area contributed by atoms with Crippen LogP contribution in [0.2, 0.25) is 0 Å². The van der Waals surface area contributed by atoms with Gasteiger partial charge < -0.3 is 55.4 Å². The third kappa shape index (κ3) is 8.63. The van der Waals surface area contributed by atoms with Crippen LogP contribution < -0.4 is 16.4 Å². The second-order valence-corrected chi connectivity index (χ2v) is 18.2. The molecule has 2 unspecified atom stereocenters. The number of amides is 2. The molecule has 2 bridgehead atoms. The number of rotatable bonds is 13. The number of aliphatic hydroxyl groups is 3. The maximum Gasteiger partial charge on any atom is 0.350 e. The summed E-state index contributed by atoms with van der Waals surface area (Å²) in [6.45, 7) is 5.47. The van der Waals surface area contributed by atoms with Crippen LogP contribution in [0.25, 0.3) is 0 Å². The van der Waals surface area contributed by atoms with Crippen molar-refractivity contribution in [1.29, 1.82) is 0 Å². The van der Waals surface area contributed by atoms with E-state index in [0.29, 0.717) is 0 Å². The summed E-state index contributed by atoms with van der Waals surface area (Å²) in [6, 6.07) is 22.4. The molecule has 18 nitrogen and oxygen atoms in total. The number of benzene rings is 3. The molecule has 2 saturated carbocycles. The number of nitrogens with one attached hydrogen (secondary N) is 2. The molecule has 1 aliphatic heterocycles. The Labute approximate surface area is 386 Å². The first-order valence-electron chi connectivity index (χ1n) is 21.9. The van der Waals surface area contributed by atoms with E-state index in [2.05, 4.69) is 10.6 Å². The molecule has 67 heavy (non-hydrogen) atoms. The van der Waals surface area contributed by atoms with Gasteiger partial charge in [-0.2, -0.15) is 0 Å². The number of aliphatic hydroxyl groups excluding tert-OH is 2. The molecule has 3 aromatic carbocycles. The molecule has 3 aromatic rings. The second-order valence-electron chi connectivity index (χ2n) is 18.2. The number of ether oxygens (including phenoxy) is 5. The minimum absolute atomic E-state index is 0.0425. The van der Waals surface area contributed by atoms with Crippen molar-refractivity contribution < 1.29 is 72.6 Å². The van der Waals surface area contributed by atoms with Crippen molar-refractivity contribution in [1.82, 2.24) is 10.6 Å². The van der Waals surface area contributed by atoms with Gasteiger partial charge in [0.1, 0.15) is 42.6 Å². The van der Waals surface area contributed by atoms with E-state index in [-0.39, 0.29) is 40.9 Å². The monoisotopic (exact) mass is 925 g/mol. The zero-order chi connectivity index (χ0) is 48.6. The van der Waals surface area contributed by atoms with Crippen LogP contribution in [0, 0.1) is 16.7 Å². The van der Waals surface area contributed by atoms with Crippen LogP contribution in [0.5, 0.6) is 0 Å².